The van der Waals surface area contributed by atoms with Crippen LogP contribution < -0.4 is 0 Å². The molecule has 0 bridgehead atoms. The van der Waals surface area contributed by atoms with Gasteiger partial charge in [-0.05, 0) is 37.8 Å². The van der Waals surface area contributed by atoms with E-state index in [1.54, 1.807) is 16.7 Å². The van der Waals surface area contributed by atoms with Crippen molar-refractivity contribution in [2.45, 2.75) is 59.1 Å². The Morgan fingerprint density at radius 1 is 1.22 bits per heavy atom. The Kier molecular flexibility index (Phi) is 5.75. The number of nitrogens with zero attached hydrogens (tertiary/aromatic N) is 2. The van der Waals surface area contributed by atoms with Gasteiger partial charge in [-0.15, -0.1) is 0 Å². The molecule has 0 saturated carbocycles. The summed E-state index contributed by atoms with van der Waals surface area (Å²) < 4.78 is 5.48. The second kappa shape index (κ2) is 7.89. The molecule has 0 radical (unpaired) electrons. The van der Waals surface area contributed by atoms with Crippen LogP contribution in [0.1, 0.15) is 64.1 Å². The smallest absolute Gasteiger partial charge is 0.338 e. The number of hydrogen-bond donors (Lipinski definition) is 0. The number of amidine groups is 1. The average molecular weight is 387 g/mol. The van der Waals surface area contributed by atoms with E-state index in [9.17, 15) is 9.59 Å². The average Bonchev–Trinajstić information content (AvgIpc) is 2.60. The Morgan fingerprint density at radius 3 is 2.48 bits per heavy atom. The Balaban J connectivity index is 2.10. The first-order valence-corrected chi connectivity index (χ1v) is 10.3. The zero-order chi connectivity index (χ0) is 19.7. The number of hydrogen-bond acceptors (Lipinski definition) is 5. The van der Waals surface area contributed by atoms with Crippen LogP contribution in [0, 0.1) is 0 Å². The molecular formula is C21H26N2O3S. The van der Waals surface area contributed by atoms with E-state index in [1.807, 2.05) is 32.9 Å². The quantitative estimate of drug-likeness (QED) is 0.719. The number of carbonyl (C=O) groups excluding carboxylic acids is 2. The minimum Gasteiger partial charge on any atom is -0.459 e. The Bertz CT molecular complexity index is 809. The number of esters is 1. The first-order chi connectivity index (χ1) is 12.8. The van der Waals surface area contributed by atoms with E-state index in [4.69, 9.17) is 4.74 Å². The third-order valence-electron chi connectivity index (χ3n) is 4.69. The molecule has 1 atom stereocenters. The number of amides is 1. The molecule has 1 aromatic carbocycles. The first-order valence-electron chi connectivity index (χ1n) is 9.34. The maximum atomic E-state index is 12.9. The number of thioether (sulfide) groups is 1. The van der Waals surface area contributed by atoms with Crippen molar-refractivity contribution in [3.05, 3.63) is 46.7 Å². The van der Waals surface area contributed by atoms with E-state index in [1.165, 1.54) is 5.56 Å². The molecular weight excluding hydrogens is 360 g/mol. The summed E-state index contributed by atoms with van der Waals surface area (Å²) in [5.74, 6) is 0.712. The first kappa shape index (κ1) is 19.7. The van der Waals surface area contributed by atoms with Crippen LogP contribution in [-0.4, -0.2) is 33.8 Å². The van der Waals surface area contributed by atoms with Crippen LogP contribution in [0.25, 0.3) is 0 Å². The molecule has 0 aliphatic carbocycles. The van der Waals surface area contributed by atoms with Crippen LogP contribution >= 0.6 is 11.8 Å². The Morgan fingerprint density at radius 2 is 1.89 bits per heavy atom. The highest BCUT2D eigenvalue weighted by atomic mass is 32.2. The Hall–Kier alpha value is -2.08. The minimum atomic E-state index is -0.495. The molecule has 2 aliphatic rings. The van der Waals surface area contributed by atoms with Crippen LogP contribution in [0.4, 0.5) is 0 Å². The van der Waals surface area contributed by atoms with Gasteiger partial charge in [0, 0.05) is 12.2 Å². The van der Waals surface area contributed by atoms with E-state index in [0.29, 0.717) is 34.5 Å². The summed E-state index contributed by atoms with van der Waals surface area (Å²) in [6, 6.07) is 7.64. The topological polar surface area (TPSA) is 59.0 Å². The summed E-state index contributed by atoms with van der Waals surface area (Å²) in [7, 11) is 0. The third-order valence-corrected chi connectivity index (χ3v) is 5.64. The summed E-state index contributed by atoms with van der Waals surface area (Å²) in [5.41, 5.74) is 3.18. The van der Waals surface area contributed by atoms with Crippen molar-refractivity contribution in [2.75, 3.05) is 5.75 Å². The van der Waals surface area contributed by atoms with Gasteiger partial charge in [0.05, 0.1) is 23.4 Å². The fourth-order valence-corrected chi connectivity index (χ4v) is 4.32. The number of aliphatic imine (C=N–C) groups is 1. The van der Waals surface area contributed by atoms with Crippen molar-refractivity contribution in [3.63, 3.8) is 0 Å². The van der Waals surface area contributed by atoms with Crippen molar-refractivity contribution < 1.29 is 14.3 Å². The zero-order valence-corrected chi connectivity index (χ0v) is 17.3. The molecule has 1 saturated heterocycles. The lowest BCUT2D eigenvalue weighted by Crippen LogP contribution is -2.46. The SMILES string of the molecule is CC1=C(C(=O)OC(C)C)[C@H](c2ccc(C(C)C)cc2)N2C(=O)CCSC2=N1. The van der Waals surface area contributed by atoms with E-state index < -0.39 is 12.0 Å². The van der Waals surface area contributed by atoms with Crippen LogP contribution in [0.15, 0.2) is 40.5 Å². The fourth-order valence-electron chi connectivity index (χ4n) is 3.31. The summed E-state index contributed by atoms with van der Waals surface area (Å²) in [4.78, 5) is 31.8. The molecule has 5 nitrogen and oxygen atoms in total. The monoisotopic (exact) mass is 386 g/mol. The summed E-state index contributed by atoms with van der Waals surface area (Å²) in [5, 5.41) is 0.669. The van der Waals surface area contributed by atoms with Gasteiger partial charge in [0.25, 0.3) is 0 Å². The van der Waals surface area contributed by atoms with Crippen LogP contribution in [-0.2, 0) is 14.3 Å². The van der Waals surface area contributed by atoms with Crippen molar-refractivity contribution in [1.82, 2.24) is 4.90 Å². The summed E-state index contributed by atoms with van der Waals surface area (Å²) >= 11 is 1.56. The largest absolute Gasteiger partial charge is 0.459 e. The van der Waals surface area contributed by atoms with Gasteiger partial charge in [-0.2, -0.15) is 0 Å². The van der Waals surface area contributed by atoms with Gasteiger partial charge < -0.3 is 4.74 Å². The van der Waals surface area contributed by atoms with Crippen molar-refractivity contribution in [2.24, 2.45) is 4.99 Å². The predicted molar refractivity (Wildman–Crippen MR) is 109 cm³/mol. The third kappa shape index (κ3) is 3.95. The number of benzene rings is 1. The van der Waals surface area contributed by atoms with Crippen molar-refractivity contribution in [3.8, 4) is 0 Å². The normalized spacial score (nSPS) is 20.1. The number of rotatable bonds is 4. The second-order valence-electron chi connectivity index (χ2n) is 7.43. The highest BCUT2D eigenvalue weighted by molar-refractivity contribution is 8.14. The maximum absolute atomic E-state index is 12.9. The van der Waals surface area contributed by atoms with E-state index in [2.05, 4.69) is 31.0 Å². The molecule has 2 aliphatic heterocycles. The second-order valence-corrected chi connectivity index (χ2v) is 8.50. The van der Waals surface area contributed by atoms with Crippen LogP contribution in [0.5, 0.6) is 0 Å². The van der Waals surface area contributed by atoms with E-state index in [-0.39, 0.29) is 12.0 Å². The molecule has 0 N–H and O–H groups in total. The van der Waals surface area contributed by atoms with Gasteiger partial charge in [-0.1, -0.05) is 49.9 Å². The maximum Gasteiger partial charge on any atom is 0.338 e. The van der Waals surface area contributed by atoms with Gasteiger partial charge in [0.15, 0.2) is 5.17 Å². The minimum absolute atomic E-state index is 0.00668. The molecule has 144 valence electrons. The highest BCUT2D eigenvalue weighted by Gasteiger charge is 2.41. The number of ether oxygens (including phenoxy) is 1. The lowest BCUT2D eigenvalue weighted by atomic mass is 9.92. The van der Waals surface area contributed by atoms with Crippen LogP contribution in [0.3, 0.4) is 0 Å². The lowest BCUT2D eigenvalue weighted by Gasteiger charge is -2.39. The fraction of sp³-hybridized carbons (Fsp3) is 0.476. The summed E-state index contributed by atoms with van der Waals surface area (Å²) in [6.45, 7) is 9.73. The molecule has 27 heavy (non-hydrogen) atoms. The summed E-state index contributed by atoms with van der Waals surface area (Å²) in [6.07, 6.45) is 0.203. The van der Waals surface area contributed by atoms with Gasteiger partial charge in [-0.3, -0.25) is 9.69 Å². The number of allylic oxidation sites excluding steroid dienone is 1. The standard InChI is InChI=1S/C21H26N2O3S/c1-12(2)15-6-8-16(9-7-15)19-18(20(25)26-13(3)4)14(5)22-21-23(19)17(24)10-11-27-21/h6-9,12-13,19H,10-11H2,1-5H3/t19-/m0/s1. The molecule has 1 aromatic rings. The number of carbonyl (C=O) groups is 2. The van der Waals surface area contributed by atoms with Crippen molar-refractivity contribution >= 4 is 28.8 Å². The molecule has 0 unspecified atom stereocenters. The molecule has 1 amide bonds. The number of fused-ring (bicyclic) bond motifs is 1. The molecule has 0 aromatic heterocycles. The van der Waals surface area contributed by atoms with Gasteiger partial charge >= 0.3 is 5.97 Å². The molecule has 3 rings (SSSR count). The van der Waals surface area contributed by atoms with Gasteiger partial charge in [-0.25, -0.2) is 9.79 Å². The van der Waals surface area contributed by atoms with E-state index >= 15 is 0 Å². The van der Waals surface area contributed by atoms with Crippen LogP contribution in [0.2, 0.25) is 0 Å². The Labute approximate surface area is 164 Å². The van der Waals surface area contributed by atoms with E-state index in [0.717, 1.165) is 5.56 Å². The highest BCUT2D eigenvalue weighted by Crippen LogP contribution is 2.40. The lowest BCUT2D eigenvalue weighted by molar-refractivity contribution is -0.143. The predicted octanol–water partition coefficient (Wildman–Crippen LogP) is 4.41. The van der Waals surface area contributed by atoms with Crippen molar-refractivity contribution in [1.29, 1.82) is 0 Å². The molecule has 1 fully saturated rings. The van der Waals surface area contributed by atoms with Gasteiger partial charge in [0.2, 0.25) is 5.91 Å². The molecule has 6 heteroatoms. The molecule has 2 heterocycles. The zero-order valence-electron chi connectivity index (χ0n) is 16.5. The van der Waals surface area contributed by atoms with Gasteiger partial charge in [0.1, 0.15) is 0 Å². The molecule has 0 spiro atoms.